The fourth-order valence-corrected chi connectivity index (χ4v) is 3.79. The van der Waals surface area contributed by atoms with Crippen LogP contribution in [-0.4, -0.2) is 42.9 Å². The summed E-state index contributed by atoms with van der Waals surface area (Å²) in [7, 11) is -3.49. The van der Waals surface area contributed by atoms with E-state index in [0.717, 1.165) is 0 Å². The highest BCUT2D eigenvalue weighted by molar-refractivity contribution is 7.91. The Morgan fingerprint density at radius 3 is 1.82 bits per heavy atom. The first-order valence-electron chi connectivity index (χ1n) is 9.20. The molecular formula is C20H30O7S. The SMILES string of the molecule is CC(C)(CCCOc1ccc(S(=O)(=O)CCCC(C)(C)C(=O)O)cc1)C(=O)O. The third kappa shape index (κ3) is 7.14. The molecule has 0 spiro atoms. The molecule has 1 aromatic rings. The van der Waals surface area contributed by atoms with Gasteiger partial charge in [-0.25, -0.2) is 8.42 Å². The van der Waals surface area contributed by atoms with Gasteiger partial charge in [-0.3, -0.25) is 9.59 Å². The van der Waals surface area contributed by atoms with Crippen molar-refractivity contribution in [2.45, 2.75) is 58.3 Å². The molecule has 0 heterocycles. The predicted octanol–water partition coefficient (Wildman–Crippen LogP) is 3.62. The predicted molar refractivity (Wildman–Crippen MR) is 105 cm³/mol. The maximum absolute atomic E-state index is 12.4. The van der Waals surface area contributed by atoms with Crippen molar-refractivity contribution < 1.29 is 33.0 Å². The minimum absolute atomic E-state index is 0.117. The Hall–Kier alpha value is -2.09. The number of sulfone groups is 1. The number of hydrogen-bond acceptors (Lipinski definition) is 5. The van der Waals surface area contributed by atoms with Gasteiger partial charge >= 0.3 is 11.9 Å². The summed E-state index contributed by atoms with van der Waals surface area (Å²) < 4.78 is 30.3. The summed E-state index contributed by atoms with van der Waals surface area (Å²) in [6.45, 7) is 6.81. The number of rotatable bonds is 12. The number of carboxylic acids is 2. The topological polar surface area (TPSA) is 118 Å². The minimum Gasteiger partial charge on any atom is -0.494 e. The largest absolute Gasteiger partial charge is 0.494 e. The lowest BCUT2D eigenvalue weighted by Gasteiger charge is -2.19. The maximum atomic E-state index is 12.4. The van der Waals surface area contributed by atoms with Crippen LogP contribution in [0.1, 0.15) is 53.4 Å². The number of hydrogen-bond donors (Lipinski definition) is 2. The lowest BCUT2D eigenvalue weighted by molar-refractivity contribution is -0.148. The second-order valence-electron chi connectivity index (χ2n) is 8.22. The van der Waals surface area contributed by atoms with Crippen molar-refractivity contribution in [3.05, 3.63) is 24.3 Å². The Balaban J connectivity index is 2.54. The number of ether oxygens (including phenoxy) is 1. The van der Waals surface area contributed by atoms with Gasteiger partial charge in [0.15, 0.2) is 9.84 Å². The monoisotopic (exact) mass is 414 g/mol. The van der Waals surface area contributed by atoms with Crippen molar-refractivity contribution in [3.63, 3.8) is 0 Å². The minimum atomic E-state index is -3.49. The van der Waals surface area contributed by atoms with Gasteiger partial charge in [0.1, 0.15) is 5.75 Å². The maximum Gasteiger partial charge on any atom is 0.309 e. The molecule has 0 aliphatic rings. The van der Waals surface area contributed by atoms with Crippen LogP contribution in [0.15, 0.2) is 29.2 Å². The summed E-state index contributed by atoms with van der Waals surface area (Å²) in [5.41, 5.74) is -1.76. The van der Waals surface area contributed by atoms with Gasteiger partial charge in [0.25, 0.3) is 0 Å². The van der Waals surface area contributed by atoms with E-state index in [2.05, 4.69) is 0 Å². The van der Waals surface area contributed by atoms with Crippen LogP contribution in [0.2, 0.25) is 0 Å². The van der Waals surface area contributed by atoms with Crippen LogP contribution in [0.25, 0.3) is 0 Å². The summed E-state index contributed by atoms with van der Waals surface area (Å²) in [5, 5.41) is 18.2. The molecular weight excluding hydrogens is 384 g/mol. The van der Waals surface area contributed by atoms with E-state index < -0.39 is 32.6 Å². The molecule has 0 amide bonds. The summed E-state index contributed by atoms with van der Waals surface area (Å²) in [6, 6.07) is 6.06. The van der Waals surface area contributed by atoms with Crippen LogP contribution < -0.4 is 4.74 Å². The summed E-state index contributed by atoms with van der Waals surface area (Å²) >= 11 is 0. The zero-order chi connectivity index (χ0) is 21.6. The molecule has 7 nitrogen and oxygen atoms in total. The lowest BCUT2D eigenvalue weighted by atomic mass is 9.88. The van der Waals surface area contributed by atoms with Crippen LogP contribution in [0.3, 0.4) is 0 Å². The molecule has 28 heavy (non-hydrogen) atoms. The van der Waals surface area contributed by atoms with E-state index in [0.29, 0.717) is 25.2 Å². The van der Waals surface area contributed by atoms with E-state index in [4.69, 9.17) is 14.9 Å². The fourth-order valence-electron chi connectivity index (χ4n) is 2.48. The molecule has 8 heteroatoms. The standard InChI is InChI=1S/C20H30O7S/c1-19(2,17(21)22)11-5-13-27-15-7-9-16(10-8-15)28(25,26)14-6-12-20(3,4)18(23)24/h7-10H,5-6,11-14H2,1-4H3,(H,21,22)(H,23,24). The molecule has 2 N–H and O–H groups in total. The fraction of sp³-hybridized carbons (Fsp3) is 0.600. The van der Waals surface area contributed by atoms with E-state index in [1.54, 1.807) is 39.8 Å². The highest BCUT2D eigenvalue weighted by atomic mass is 32.2. The van der Waals surface area contributed by atoms with Gasteiger partial charge in [0, 0.05) is 0 Å². The summed E-state index contributed by atoms with van der Waals surface area (Å²) in [5.74, 6) is -1.40. The molecule has 0 bridgehead atoms. The third-order valence-electron chi connectivity index (χ3n) is 4.77. The molecule has 0 unspecified atom stereocenters. The Morgan fingerprint density at radius 1 is 0.893 bits per heavy atom. The summed E-state index contributed by atoms with van der Waals surface area (Å²) in [4.78, 5) is 22.3. The molecule has 0 saturated carbocycles. The van der Waals surface area contributed by atoms with Gasteiger partial charge in [0.05, 0.1) is 28.1 Å². The van der Waals surface area contributed by atoms with Gasteiger partial charge < -0.3 is 14.9 Å². The Kier molecular flexibility index (Phi) is 8.05. The molecule has 0 radical (unpaired) electrons. The smallest absolute Gasteiger partial charge is 0.309 e. The first-order valence-corrected chi connectivity index (χ1v) is 10.9. The van der Waals surface area contributed by atoms with E-state index in [9.17, 15) is 18.0 Å². The number of benzene rings is 1. The highest BCUT2D eigenvalue weighted by Gasteiger charge is 2.28. The quantitative estimate of drug-likeness (QED) is 0.501. The first-order chi connectivity index (χ1) is 12.8. The van der Waals surface area contributed by atoms with Gasteiger partial charge in [0.2, 0.25) is 0 Å². The zero-order valence-corrected chi connectivity index (χ0v) is 17.7. The molecule has 0 fully saturated rings. The Bertz CT molecular complexity index is 777. The van der Waals surface area contributed by atoms with Crippen LogP contribution in [0.4, 0.5) is 0 Å². The molecule has 0 aromatic heterocycles. The van der Waals surface area contributed by atoms with E-state index >= 15 is 0 Å². The molecule has 158 valence electrons. The van der Waals surface area contributed by atoms with Crippen molar-refractivity contribution in [2.24, 2.45) is 10.8 Å². The zero-order valence-electron chi connectivity index (χ0n) is 16.9. The molecule has 1 aromatic carbocycles. The lowest BCUT2D eigenvalue weighted by Crippen LogP contribution is -2.24. The number of carboxylic acid groups (broad SMARTS) is 2. The van der Waals surface area contributed by atoms with Crippen LogP contribution in [0, 0.1) is 10.8 Å². The van der Waals surface area contributed by atoms with Gasteiger partial charge in [-0.05, 0) is 77.6 Å². The van der Waals surface area contributed by atoms with Crippen molar-refractivity contribution in [3.8, 4) is 5.75 Å². The van der Waals surface area contributed by atoms with Crippen LogP contribution in [0.5, 0.6) is 5.75 Å². The van der Waals surface area contributed by atoms with Gasteiger partial charge in [-0.1, -0.05) is 0 Å². The van der Waals surface area contributed by atoms with Crippen LogP contribution in [-0.2, 0) is 19.4 Å². The van der Waals surface area contributed by atoms with Gasteiger partial charge in [-0.2, -0.15) is 0 Å². The highest BCUT2D eigenvalue weighted by Crippen LogP contribution is 2.25. The second kappa shape index (κ2) is 9.41. The normalized spacial score (nSPS) is 12.6. The summed E-state index contributed by atoms with van der Waals surface area (Å²) in [6.07, 6.45) is 1.58. The molecule has 0 saturated heterocycles. The number of carbonyl (C=O) groups is 2. The molecule has 0 atom stereocenters. The van der Waals surface area contributed by atoms with Crippen molar-refractivity contribution in [1.82, 2.24) is 0 Å². The van der Waals surface area contributed by atoms with Crippen molar-refractivity contribution >= 4 is 21.8 Å². The average Bonchev–Trinajstić information content (AvgIpc) is 2.58. The first kappa shape index (κ1) is 23.9. The van der Waals surface area contributed by atoms with Crippen molar-refractivity contribution in [2.75, 3.05) is 12.4 Å². The van der Waals surface area contributed by atoms with E-state index in [1.807, 2.05) is 0 Å². The van der Waals surface area contributed by atoms with Gasteiger partial charge in [-0.15, -0.1) is 0 Å². The average molecular weight is 415 g/mol. The van der Waals surface area contributed by atoms with E-state index in [1.165, 1.54) is 12.1 Å². The third-order valence-corrected chi connectivity index (χ3v) is 6.59. The molecule has 1 rings (SSSR count). The molecule has 0 aliphatic heterocycles. The second-order valence-corrected chi connectivity index (χ2v) is 10.3. The Labute approximate surface area is 166 Å². The van der Waals surface area contributed by atoms with E-state index in [-0.39, 0.29) is 23.5 Å². The van der Waals surface area contributed by atoms with Crippen molar-refractivity contribution in [1.29, 1.82) is 0 Å². The number of aliphatic carboxylic acids is 2. The van der Waals surface area contributed by atoms with Crippen LogP contribution >= 0.6 is 0 Å². The molecule has 0 aliphatic carbocycles. The Morgan fingerprint density at radius 2 is 1.36 bits per heavy atom.